The average molecular weight is 499 g/mol. The predicted molar refractivity (Wildman–Crippen MR) is 131 cm³/mol. The highest BCUT2D eigenvalue weighted by atomic mass is 35.5. The molecule has 0 radical (unpaired) electrons. The van der Waals surface area contributed by atoms with Crippen LogP contribution >= 0.6 is 11.6 Å². The summed E-state index contributed by atoms with van der Waals surface area (Å²) in [5, 5.41) is 7.29. The van der Waals surface area contributed by atoms with E-state index in [0.717, 1.165) is 18.8 Å². The summed E-state index contributed by atoms with van der Waals surface area (Å²) < 4.78 is 25.0. The topological polar surface area (TPSA) is 85.7 Å². The number of carbonyl (C=O) groups excluding carboxylic acids is 2. The van der Waals surface area contributed by atoms with E-state index in [1.807, 2.05) is 12.1 Å². The zero-order valence-corrected chi connectivity index (χ0v) is 19.8. The maximum atomic E-state index is 13.2. The van der Waals surface area contributed by atoms with E-state index in [4.69, 9.17) is 21.1 Å². The van der Waals surface area contributed by atoms with Crippen LogP contribution in [-0.2, 0) is 19.1 Å². The maximum absolute atomic E-state index is 13.2. The highest BCUT2D eigenvalue weighted by molar-refractivity contribution is 6.31. The van der Waals surface area contributed by atoms with Gasteiger partial charge in [0.25, 0.3) is 5.91 Å². The molecule has 3 aromatic rings. The van der Waals surface area contributed by atoms with E-state index in [1.165, 1.54) is 29.0 Å². The first kappa shape index (κ1) is 24.4. The second-order valence-electron chi connectivity index (χ2n) is 7.81. The summed E-state index contributed by atoms with van der Waals surface area (Å²) in [4.78, 5) is 26.5. The fourth-order valence-electron chi connectivity index (χ4n) is 3.56. The van der Waals surface area contributed by atoms with E-state index >= 15 is 0 Å². The van der Waals surface area contributed by atoms with Crippen molar-refractivity contribution in [3.63, 3.8) is 0 Å². The van der Waals surface area contributed by atoms with Crippen LogP contribution in [0.4, 0.5) is 15.8 Å². The van der Waals surface area contributed by atoms with E-state index in [-0.39, 0.29) is 11.0 Å². The van der Waals surface area contributed by atoms with Gasteiger partial charge in [-0.25, -0.2) is 13.9 Å². The molecule has 8 nitrogen and oxygen atoms in total. The van der Waals surface area contributed by atoms with Crippen molar-refractivity contribution >= 4 is 40.9 Å². The first-order valence-corrected chi connectivity index (χ1v) is 11.4. The number of morpholine rings is 1. The smallest absolute Gasteiger partial charge is 0.331 e. The summed E-state index contributed by atoms with van der Waals surface area (Å²) >= 11 is 6.40. The largest absolute Gasteiger partial charge is 0.452 e. The van der Waals surface area contributed by atoms with E-state index in [2.05, 4.69) is 15.3 Å². The summed E-state index contributed by atoms with van der Waals surface area (Å²) in [6.45, 7) is 4.34. The number of halogens is 2. The Bertz CT molecular complexity index is 1220. The SMILES string of the molecule is Cc1nn(-c2ccc(F)cc2)c(Cl)c1/C=C/C(=O)OCC(=O)Nc1ccc(N2CCOCC2)cc1. The summed E-state index contributed by atoms with van der Waals surface area (Å²) in [5.74, 6) is -1.53. The highest BCUT2D eigenvalue weighted by Crippen LogP contribution is 2.25. The van der Waals surface area contributed by atoms with Gasteiger partial charge in [-0.3, -0.25) is 4.79 Å². The molecule has 1 amide bonds. The fraction of sp³-hybridized carbons (Fsp3) is 0.240. The molecule has 0 aliphatic carbocycles. The molecule has 1 aliphatic heterocycles. The summed E-state index contributed by atoms with van der Waals surface area (Å²) in [5.41, 5.74) is 3.32. The van der Waals surface area contributed by atoms with Crippen LogP contribution in [0.1, 0.15) is 11.3 Å². The van der Waals surface area contributed by atoms with Gasteiger partial charge < -0.3 is 19.7 Å². The van der Waals surface area contributed by atoms with Crippen LogP contribution in [0.3, 0.4) is 0 Å². The quantitative estimate of drug-likeness (QED) is 0.391. The Kier molecular flexibility index (Phi) is 7.79. The standard InChI is InChI=1S/C25H24ClFN4O4/c1-17-22(25(26)31(29-17)21-6-2-18(27)3-7-21)10-11-24(33)35-16-23(32)28-19-4-8-20(9-5-19)30-12-14-34-15-13-30/h2-11H,12-16H2,1H3,(H,28,32)/b11-10+. The number of nitrogens with one attached hydrogen (secondary N) is 1. The van der Waals surface area contributed by atoms with Crippen LogP contribution in [0, 0.1) is 12.7 Å². The number of rotatable bonds is 7. The molecule has 1 N–H and O–H groups in total. The average Bonchev–Trinajstić information content (AvgIpc) is 3.16. The summed E-state index contributed by atoms with van der Waals surface area (Å²) in [6, 6.07) is 13.1. The van der Waals surface area contributed by atoms with Crippen molar-refractivity contribution in [1.29, 1.82) is 0 Å². The second kappa shape index (κ2) is 11.2. The number of anilines is 2. The Morgan fingerprint density at radius 3 is 2.46 bits per heavy atom. The minimum atomic E-state index is -0.701. The van der Waals surface area contributed by atoms with Gasteiger partial charge in [0.2, 0.25) is 0 Å². The van der Waals surface area contributed by atoms with Crippen LogP contribution in [0.5, 0.6) is 0 Å². The second-order valence-corrected chi connectivity index (χ2v) is 8.17. The van der Waals surface area contributed by atoms with Crippen LogP contribution in [0.2, 0.25) is 5.15 Å². The van der Waals surface area contributed by atoms with Crippen molar-refractivity contribution in [1.82, 2.24) is 9.78 Å². The molecule has 0 spiro atoms. The Morgan fingerprint density at radius 2 is 1.77 bits per heavy atom. The number of amides is 1. The van der Waals surface area contributed by atoms with Crippen molar-refractivity contribution in [3.8, 4) is 5.69 Å². The molecule has 1 saturated heterocycles. The molecule has 182 valence electrons. The van der Waals surface area contributed by atoms with Crippen molar-refractivity contribution in [3.05, 3.63) is 76.8 Å². The van der Waals surface area contributed by atoms with Crippen molar-refractivity contribution in [2.45, 2.75) is 6.92 Å². The number of ether oxygens (including phenoxy) is 2. The van der Waals surface area contributed by atoms with E-state index in [1.54, 1.807) is 31.2 Å². The lowest BCUT2D eigenvalue weighted by Gasteiger charge is -2.28. The zero-order chi connectivity index (χ0) is 24.8. The molecule has 1 aliphatic rings. The number of benzene rings is 2. The molecular weight excluding hydrogens is 475 g/mol. The molecule has 0 unspecified atom stereocenters. The Balaban J connectivity index is 1.29. The third-order valence-electron chi connectivity index (χ3n) is 5.38. The van der Waals surface area contributed by atoms with E-state index in [0.29, 0.717) is 35.8 Å². The van der Waals surface area contributed by atoms with Gasteiger partial charge in [-0.1, -0.05) is 11.6 Å². The highest BCUT2D eigenvalue weighted by Gasteiger charge is 2.14. The number of aromatic nitrogens is 2. The van der Waals surface area contributed by atoms with Gasteiger partial charge in [-0.15, -0.1) is 0 Å². The van der Waals surface area contributed by atoms with Gasteiger partial charge in [0, 0.05) is 36.1 Å². The van der Waals surface area contributed by atoms with Crippen LogP contribution in [-0.4, -0.2) is 54.6 Å². The monoisotopic (exact) mass is 498 g/mol. The molecule has 1 aromatic heterocycles. The van der Waals surface area contributed by atoms with Gasteiger partial charge in [0.05, 0.1) is 24.6 Å². The third-order valence-corrected chi connectivity index (χ3v) is 5.74. The van der Waals surface area contributed by atoms with Gasteiger partial charge in [-0.05, 0) is 61.5 Å². The number of esters is 1. The first-order chi connectivity index (χ1) is 16.9. The fourth-order valence-corrected chi connectivity index (χ4v) is 3.90. The minimum absolute atomic E-state index is 0.261. The van der Waals surface area contributed by atoms with Crippen LogP contribution < -0.4 is 10.2 Å². The third kappa shape index (κ3) is 6.26. The van der Waals surface area contributed by atoms with Gasteiger partial charge >= 0.3 is 5.97 Å². The molecule has 0 atom stereocenters. The normalized spacial score (nSPS) is 13.7. The molecule has 35 heavy (non-hydrogen) atoms. The maximum Gasteiger partial charge on any atom is 0.331 e. The van der Waals surface area contributed by atoms with Crippen molar-refractivity contribution < 1.29 is 23.5 Å². The molecule has 10 heteroatoms. The van der Waals surface area contributed by atoms with E-state index in [9.17, 15) is 14.0 Å². The van der Waals surface area contributed by atoms with Gasteiger partial charge in [0.1, 0.15) is 11.0 Å². The number of nitrogens with zero attached hydrogens (tertiary/aromatic N) is 3. The lowest BCUT2D eigenvalue weighted by Crippen LogP contribution is -2.36. The first-order valence-electron chi connectivity index (χ1n) is 11.0. The molecule has 2 aromatic carbocycles. The number of carbonyl (C=O) groups is 2. The minimum Gasteiger partial charge on any atom is -0.452 e. The zero-order valence-electron chi connectivity index (χ0n) is 19.0. The summed E-state index contributed by atoms with van der Waals surface area (Å²) in [6.07, 6.45) is 2.64. The lowest BCUT2D eigenvalue weighted by atomic mass is 10.2. The Hall–Kier alpha value is -3.69. The van der Waals surface area contributed by atoms with Gasteiger partial charge in [-0.2, -0.15) is 5.10 Å². The van der Waals surface area contributed by atoms with Crippen molar-refractivity contribution in [2.75, 3.05) is 43.1 Å². The molecule has 4 rings (SSSR count). The Morgan fingerprint density at radius 1 is 1.11 bits per heavy atom. The van der Waals surface area contributed by atoms with Crippen LogP contribution in [0.25, 0.3) is 11.8 Å². The number of hydrogen-bond acceptors (Lipinski definition) is 6. The Labute approximate surface area is 206 Å². The molecule has 0 bridgehead atoms. The molecule has 0 saturated carbocycles. The van der Waals surface area contributed by atoms with E-state index < -0.39 is 18.5 Å². The van der Waals surface area contributed by atoms with Crippen molar-refractivity contribution in [2.24, 2.45) is 0 Å². The molecular formula is C25H24ClFN4O4. The number of hydrogen-bond donors (Lipinski definition) is 1. The van der Waals surface area contributed by atoms with Gasteiger partial charge in [0.15, 0.2) is 6.61 Å². The lowest BCUT2D eigenvalue weighted by molar-refractivity contribution is -0.142. The molecule has 1 fully saturated rings. The summed E-state index contributed by atoms with van der Waals surface area (Å²) in [7, 11) is 0. The molecule has 2 heterocycles. The predicted octanol–water partition coefficient (Wildman–Crippen LogP) is 4.00. The number of aryl methyl sites for hydroxylation is 1. The van der Waals surface area contributed by atoms with Crippen LogP contribution in [0.15, 0.2) is 54.6 Å².